The highest BCUT2D eigenvalue weighted by molar-refractivity contribution is 9.09. The third kappa shape index (κ3) is 2.44. The van der Waals surface area contributed by atoms with Crippen molar-refractivity contribution in [3.63, 3.8) is 0 Å². The maximum Gasteiger partial charge on any atom is 0.159 e. The average Bonchev–Trinajstić information content (AvgIpc) is 2.47. The van der Waals surface area contributed by atoms with E-state index < -0.39 is 0 Å². The molecule has 0 saturated carbocycles. The Morgan fingerprint density at radius 3 is 3.11 bits per heavy atom. The van der Waals surface area contributed by atoms with Gasteiger partial charge < -0.3 is 9.64 Å². The third-order valence-corrected chi connectivity index (χ3v) is 4.22. The molecule has 4 nitrogen and oxygen atoms in total. The molecule has 5 heteroatoms. The van der Waals surface area contributed by atoms with Crippen LogP contribution < -0.4 is 4.90 Å². The fourth-order valence-electron chi connectivity index (χ4n) is 2.43. The number of hydrogen-bond acceptors (Lipinski definition) is 4. The number of hydrogen-bond donors (Lipinski definition) is 0. The summed E-state index contributed by atoms with van der Waals surface area (Å²) < 4.78 is 5.77. The molecule has 2 heterocycles. The average molecular weight is 322 g/mol. The van der Waals surface area contributed by atoms with Crippen LogP contribution in [0.15, 0.2) is 30.5 Å². The highest BCUT2D eigenvalue weighted by atomic mass is 79.9. The minimum Gasteiger partial charge on any atom is -0.373 e. The molecule has 0 aliphatic carbocycles. The van der Waals surface area contributed by atoms with E-state index in [1.54, 1.807) is 0 Å². The second-order valence-electron chi connectivity index (χ2n) is 4.87. The van der Waals surface area contributed by atoms with Crippen molar-refractivity contribution in [2.24, 2.45) is 0 Å². The summed E-state index contributed by atoms with van der Waals surface area (Å²) >= 11 is 3.49. The van der Waals surface area contributed by atoms with Gasteiger partial charge in [0.2, 0.25) is 0 Å². The van der Waals surface area contributed by atoms with Crippen LogP contribution in [-0.2, 0) is 4.74 Å². The Bertz CT molecular complexity index is 572. The molecule has 2 atom stereocenters. The topological polar surface area (TPSA) is 38.2 Å². The van der Waals surface area contributed by atoms with Gasteiger partial charge in [-0.3, -0.25) is 0 Å². The van der Waals surface area contributed by atoms with Gasteiger partial charge in [0.05, 0.1) is 24.9 Å². The van der Waals surface area contributed by atoms with Crippen LogP contribution in [0.4, 0.5) is 5.82 Å². The maximum absolute atomic E-state index is 5.77. The first kappa shape index (κ1) is 12.8. The van der Waals surface area contributed by atoms with Crippen LogP contribution in [0.3, 0.4) is 0 Å². The first-order valence-corrected chi connectivity index (χ1v) is 7.56. The molecule has 1 aromatic heterocycles. The molecule has 0 radical (unpaired) electrons. The number of anilines is 1. The second kappa shape index (κ2) is 5.43. The Kier molecular flexibility index (Phi) is 3.66. The number of nitrogens with zero attached hydrogens (tertiary/aromatic N) is 3. The molecule has 0 amide bonds. The summed E-state index contributed by atoms with van der Waals surface area (Å²) in [5, 5.41) is 11.6. The Hall–Kier alpha value is -1.20. The smallest absolute Gasteiger partial charge is 0.159 e. The Morgan fingerprint density at radius 2 is 2.26 bits per heavy atom. The monoisotopic (exact) mass is 321 g/mol. The summed E-state index contributed by atoms with van der Waals surface area (Å²) in [6.07, 6.45) is 2.02. The van der Waals surface area contributed by atoms with Gasteiger partial charge in [0, 0.05) is 22.6 Å². The maximum atomic E-state index is 5.77. The standard InChI is InChI=1S/C14H16BrN3O/c1-10-9-19-12(6-15)8-18(10)14-13-5-3-2-4-11(13)7-16-17-14/h2-5,7,10,12H,6,8-9H2,1H3. The lowest BCUT2D eigenvalue weighted by Crippen LogP contribution is -2.49. The van der Waals surface area contributed by atoms with Crippen LogP contribution in [-0.4, -0.2) is 40.8 Å². The van der Waals surface area contributed by atoms with Crippen molar-refractivity contribution in [3.8, 4) is 0 Å². The number of benzene rings is 1. The minimum atomic E-state index is 0.206. The normalized spacial score (nSPS) is 23.8. The van der Waals surface area contributed by atoms with Gasteiger partial charge in [-0.05, 0) is 6.92 Å². The van der Waals surface area contributed by atoms with E-state index in [1.165, 1.54) is 0 Å². The number of fused-ring (bicyclic) bond motifs is 1. The van der Waals surface area contributed by atoms with Gasteiger partial charge in [-0.25, -0.2) is 0 Å². The van der Waals surface area contributed by atoms with Crippen LogP contribution in [0.1, 0.15) is 6.92 Å². The van der Waals surface area contributed by atoms with Gasteiger partial charge in [0.25, 0.3) is 0 Å². The van der Waals surface area contributed by atoms with Crippen molar-refractivity contribution >= 4 is 32.5 Å². The molecule has 2 aromatic rings. The Morgan fingerprint density at radius 1 is 1.42 bits per heavy atom. The fraction of sp³-hybridized carbons (Fsp3) is 0.429. The quantitative estimate of drug-likeness (QED) is 0.797. The van der Waals surface area contributed by atoms with Gasteiger partial charge >= 0.3 is 0 Å². The van der Waals surface area contributed by atoms with Crippen LogP contribution in [0.5, 0.6) is 0 Å². The molecule has 1 aromatic carbocycles. The molecule has 100 valence electrons. The number of morpholine rings is 1. The molecule has 1 fully saturated rings. The lowest BCUT2D eigenvalue weighted by molar-refractivity contribution is 0.0377. The highest BCUT2D eigenvalue weighted by Gasteiger charge is 2.27. The third-order valence-electron chi connectivity index (χ3n) is 3.50. The van der Waals surface area contributed by atoms with Crippen molar-refractivity contribution in [2.45, 2.75) is 19.1 Å². The lowest BCUT2D eigenvalue weighted by atomic mass is 10.1. The van der Waals surface area contributed by atoms with Crippen LogP contribution in [0.2, 0.25) is 0 Å². The van der Waals surface area contributed by atoms with Crippen molar-refractivity contribution in [3.05, 3.63) is 30.5 Å². The van der Waals surface area contributed by atoms with Gasteiger partial charge in [0.15, 0.2) is 5.82 Å². The number of ether oxygens (including phenoxy) is 1. The van der Waals surface area contributed by atoms with Gasteiger partial charge in [-0.1, -0.05) is 40.2 Å². The zero-order chi connectivity index (χ0) is 13.2. The van der Waals surface area contributed by atoms with Crippen molar-refractivity contribution < 1.29 is 4.74 Å². The SMILES string of the molecule is CC1COC(CBr)CN1c1nncc2ccccc12. The van der Waals surface area contributed by atoms with E-state index in [0.29, 0.717) is 6.04 Å². The Balaban J connectivity index is 2.02. The fourth-order valence-corrected chi connectivity index (χ4v) is 2.82. The molecule has 3 rings (SSSR count). The van der Waals surface area contributed by atoms with Crippen molar-refractivity contribution in [2.75, 3.05) is 23.4 Å². The van der Waals surface area contributed by atoms with Gasteiger partial charge in [0.1, 0.15) is 0 Å². The zero-order valence-electron chi connectivity index (χ0n) is 10.8. The van der Waals surface area contributed by atoms with Crippen molar-refractivity contribution in [1.82, 2.24) is 10.2 Å². The number of halogens is 1. The molecule has 19 heavy (non-hydrogen) atoms. The number of aromatic nitrogens is 2. The summed E-state index contributed by atoms with van der Waals surface area (Å²) in [4.78, 5) is 2.30. The summed E-state index contributed by atoms with van der Waals surface area (Å²) in [7, 11) is 0. The van der Waals surface area contributed by atoms with E-state index in [0.717, 1.165) is 35.1 Å². The van der Waals surface area contributed by atoms with Crippen LogP contribution >= 0.6 is 15.9 Å². The molecule has 1 aliphatic heterocycles. The van der Waals surface area contributed by atoms with Gasteiger partial charge in [-0.15, -0.1) is 5.10 Å². The van der Waals surface area contributed by atoms with Crippen molar-refractivity contribution in [1.29, 1.82) is 0 Å². The molecule has 1 saturated heterocycles. The number of rotatable bonds is 2. The summed E-state index contributed by atoms with van der Waals surface area (Å²) in [6.45, 7) is 3.73. The summed E-state index contributed by atoms with van der Waals surface area (Å²) in [5.41, 5.74) is 0. The molecular weight excluding hydrogens is 306 g/mol. The largest absolute Gasteiger partial charge is 0.373 e. The first-order valence-electron chi connectivity index (χ1n) is 6.44. The van der Waals surface area contributed by atoms with E-state index in [9.17, 15) is 0 Å². The van der Waals surface area contributed by atoms with E-state index in [4.69, 9.17) is 4.74 Å². The van der Waals surface area contributed by atoms with Gasteiger partial charge in [-0.2, -0.15) is 5.10 Å². The van der Waals surface area contributed by atoms with Crippen LogP contribution in [0.25, 0.3) is 10.8 Å². The molecule has 1 aliphatic rings. The second-order valence-corrected chi connectivity index (χ2v) is 5.51. The molecule has 2 unspecified atom stereocenters. The van der Waals surface area contributed by atoms with E-state index in [1.807, 2.05) is 18.3 Å². The number of alkyl halides is 1. The first-order chi connectivity index (χ1) is 9.29. The predicted molar refractivity (Wildman–Crippen MR) is 79.9 cm³/mol. The summed E-state index contributed by atoms with van der Waals surface area (Å²) in [6, 6.07) is 8.55. The molecule has 0 spiro atoms. The predicted octanol–water partition coefficient (Wildman–Crippen LogP) is 2.62. The molecule has 0 bridgehead atoms. The van der Waals surface area contributed by atoms with E-state index in [2.05, 4.69) is 50.1 Å². The van der Waals surface area contributed by atoms with Crippen LogP contribution in [0, 0.1) is 0 Å². The van der Waals surface area contributed by atoms with E-state index in [-0.39, 0.29) is 6.10 Å². The molecule has 0 N–H and O–H groups in total. The Labute approximate surface area is 120 Å². The van der Waals surface area contributed by atoms with E-state index >= 15 is 0 Å². The highest BCUT2D eigenvalue weighted by Crippen LogP contribution is 2.27. The lowest BCUT2D eigenvalue weighted by Gasteiger charge is -2.38. The minimum absolute atomic E-state index is 0.206. The molecular formula is C14H16BrN3O. The summed E-state index contributed by atoms with van der Waals surface area (Å²) in [5.74, 6) is 0.958. The zero-order valence-corrected chi connectivity index (χ0v) is 12.4.